The number of benzene rings is 2. The number of nitrogens with one attached hydrogen (secondary N) is 1. The second kappa shape index (κ2) is 7.99. The Balaban J connectivity index is 1.26. The highest BCUT2D eigenvalue weighted by molar-refractivity contribution is 7.18. The molecule has 2 aromatic carbocycles. The van der Waals surface area contributed by atoms with Crippen molar-refractivity contribution in [3.8, 4) is 0 Å². The van der Waals surface area contributed by atoms with Crippen molar-refractivity contribution >= 4 is 38.4 Å². The van der Waals surface area contributed by atoms with Gasteiger partial charge in [-0.05, 0) is 37.1 Å². The first kappa shape index (κ1) is 18.9. The molecule has 7 heteroatoms. The average molecular weight is 419 g/mol. The van der Waals surface area contributed by atoms with Crippen molar-refractivity contribution in [3.63, 3.8) is 0 Å². The number of aryl methyl sites for hydroxylation is 1. The third-order valence-corrected chi connectivity index (χ3v) is 6.87. The number of aromatic nitrogens is 3. The Morgan fingerprint density at radius 1 is 1.10 bits per heavy atom. The first-order valence-corrected chi connectivity index (χ1v) is 11.1. The molecule has 3 heterocycles. The van der Waals surface area contributed by atoms with Crippen molar-refractivity contribution in [1.82, 2.24) is 19.9 Å². The van der Waals surface area contributed by atoms with E-state index in [1.54, 1.807) is 17.4 Å². The number of thiazole rings is 1. The summed E-state index contributed by atoms with van der Waals surface area (Å²) in [7, 11) is 0. The van der Waals surface area contributed by atoms with Crippen molar-refractivity contribution in [1.29, 1.82) is 0 Å². The van der Waals surface area contributed by atoms with Crippen molar-refractivity contribution in [2.24, 2.45) is 0 Å². The quantitative estimate of drug-likeness (QED) is 0.546. The van der Waals surface area contributed by atoms with E-state index in [1.165, 1.54) is 4.70 Å². The van der Waals surface area contributed by atoms with Gasteiger partial charge in [0.1, 0.15) is 5.82 Å². The predicted molar refractivity (Wildman–Crippen MR) is 119 cm³/mol. The van der Waals surface area contributed by atoms with E-state index in [0.717, 1.165) is 29.9 Å². The van der Waals surface area contributed by atoms with Gasteiger partial charge in [-0.1, -0.05) is 24.3 Å². The Labute approximate surface area is 177 Å². The van der Waals surface area contributed by atoms with Crippen LogP contribution < -0.4 is 5.56 Å². The van der Waals surface area contributed by atoms with Crippen LogP contribution in [0.4, 0.5) is 0 Å². The third-order valence-electron chi connectivity index (χ3n) is 5.67. The number of H-pyrrole nitrogens is 1. The van der Waals surface area contributed by atoms with Crippen molar-refractivity contribution in [2.45, 2.75) is 31.6 Å². The summed E-state index contributed by atoms with van der Waals surface area (Å²) in [6, 6.07) is 15.4. The fourth-order valence-corrected chi connectivity index (χ4v) is 5.20. The summed E-state index contributed by atoms with van der Waals surface area (Å²) >= 11 is 1.73. The van der Waals surface area contributed by atoms with E-state index in [2.05, 4.69) is 16.0 Å². The minimum atomic E-state index is -0.156. The molecule has 4 aromatic rings. The lowest BCUT2D eigenvalue weighted by Crippen LogP contribution is -2.39. The predicted octanol–water partition coefficient (Wildman–Crippen LogP) is 3.87. The number of carbonyl (C=O) groups is 1. The van der Waals surface area contributed by atoms with Crippen molar-refractivity contribution in [2.75, 3.05) is 13.1 Å². The van der Waals surface area contributed by atoms with E-state index in [9.17, 15) is 9.59 Å². The molecule has 0 spiro atoms. The second-order valence-corrected chi connectivity index (χ2v) is 8.79. The summed E-state index contributed by atoms with van der Waals surface area (Å²) < 4.78 is 1.20. The van der Waals surface area contributed by atoms with Crippen molar-refractivity contribution in [3.05, 3.63) is 69.7 Å². The number of amides is 1. The zero-order valence-electron chi connectivity index (χ0n) is 16.5. The molecule has 1 aliphatic heterocycles. The zero-order valence-corrected chi connectivity index (χ0v) is 17.3. The van der Waals surface area contributed by atoms with Crippen LogP contribution in [0.3, 0.4) is 0 Å². The van der Waals surface area contributed by atoms with Crippen LogP contribution in [0.5, 0.6) is 0 Å². The van der Waals surface area contributed by atoms with E-state index in [0.29, 0.717) is 42.0 Å². The van der Waals surface area contributed by atoms with Gasteiger partial charge in [0.25, 0.3) is 5.56 Å². The number of piperidine rings is 1. The maximum absolute atomic E-state index is 12.9. The smallest absolute Gasteiger partial charge is 0.258 e. The van der Waals surface area contributed by atoms with Crippen LogP contribution in [-0.2, 0) is 11.2 Å². The number of aromatic amines is 1. The fourth-order valence-electron chi connectivity index (χ4n) is 4.11. The molecule has 1 N–H and O–H groups in total. The summed E-state index contributed by atoms with van der Waals surface area (Å²) in [6.07, 6.45) is 2.82. The van der Waals surface area contributed by atoms with Gasteiger partial charge in [0.2, 0.25) is 5.91 Å². The van der Waals surface area contributed by atoms with Crippen LogP contribution in [0.2, 0.25) is 0 Å². The topological polar surface area (TPSA) is 79.0 Å². The van der Waals surface area contributed by atoms with Gasteiger partial charge in [0.05, 0.1) is 26.1 Å². The molecular weight excluding hydrogens is 396 g/mol. The maximum Gasteiger partial charge on any atom is 0.258 e. The number of rotatable bonds is 4. The molecule has 0 aliphatic carbocycles. The highest BCUT2D eigenvalue weighted by Crippen LogP contribution is 2.33. The van der Waals surface area contributed by atoms with Crippen LogP contribution in [0.1, 0.15) is 36.0 Å². The maximum atomic E-state index is 12.9. The summed E-state index contributed by atoms with van der Waals surface area (Å²) in [6.45, 7) is 1.49. The van der Waals surface area contributed by atoms with Crippen LogP contribution >= 0.6 is 11.3 Å². The highest BCUT2D eigenvalue weighted by atomic mass is 32.1. The minimum Gasteiger partial charge on any atom is -0.342 e. The molecule has 0 saturated carbocycles. The molecule has 1 atom stereocenters. The molecule has 0 unspecified atom stereocenters. The number of nitrogens with zero attached hydrogens (tertiary/aromatic N) is 3. The summed E-state index contributed by atoms with van der Waals surface area (Å²) in [5, 5.41) is 1.69. The SMILES string of the molecule is O=C(CCc1nc2ccccc2c(=O)[nH]1)N1CCC[C@H](c2nc3ccccc3s2)C1. The molecule has 1 amide bonds. The van der Waals surface area contributed by atoms with E-state index in [1.807, 2.05) is 41.3 Å². The zero-order chi connectivity index (χ0) is 20.5. The largest absolute Gasteiger partial charge is 0.342 e. The molecule has 152 valence electrons. The van der Waals surface area contributed by atoms with Gasteiger partial charge in [-0.3, -0.25) is 9.59 Å². The second-order valence-electron chi connectivity index (χ2n) is 7.73. The molecule has 1 saturated heterocycles. The first-order valence-electron chi connectivity index (χ1n) is 10.3. The first-order chi connectivity index (χ1) is 14.7. The monoisotopic (exact) mass is 418 g/mol. The number of carbonyl (C=O) groups excluding carboxylic acids is 1. The van der Waals surface area contributed by atoms with Crippen LogP contribution in [-0.4, -0.2) is 38.8 Å². The molecule has 6 nitrogen and oxygen atoms in total. The number of likely N-dealkylation sites (tertiary alicyclic amines) is 1. The number of hydrogen-bond donors (Lipinski definition) is 1. The lowest BCUT2D eigenvalue weighted by molar-refractivity contribution is -0.132. The number of para-hydroxylation sites is 2. The Kier molecular flexibility index (Phi) is 5.04. The van der Waals surface area contributed by atoms with E-state index in [4.69, 9.17) is 4.98 Å². The Morgan fingerprint density at radius 2 is 1.90 bits per heavy atom. The molecule has 1 fully saturated rings. The minimum absolute atomic E-state index is 0.108. The van der Waals surface area contributed by atoms with Crippen LogP contribution in [0.25, 0.3) is 21.1 Å². The van der Waals surface area contributed by atoms with Crippen LogP contribution in [0, 0.1) is 0 Å². The lowest BCUT2D eigenvalue weighted by Gasteiger charge is -2.32. The van der Waals surface area contributed by atoms with E-state index in [-0.39, 0.29) is 11.5 Å². The number of hydrogen-bond acceptors (Lipinski definition) is 5. The fraction of sp³-hybridized carbons (Fsp3) is 0.304. The molecule has 5 rings (SSSR count). The van der Waals surface area contributed by atoms with Gasteiger partial charge < -0.3 is 9.88 Å². The average Bonchev–Trinajstić information content (AvgIpc) is 3.22. The van der Waals surface area contributed by atoms with Gasteiger partial charge in [-0.2, -0.15) is 0 Å². The third kappa shape index (κ3) is 3.73. The van der Waals surface area contributed by atoms with Gasteiger partial charge in [-0.25, -0.2) is 9.97 Å². The normalized spacial score (nSPS) is 16.9. The van der Waals surface area contributed by atoms with Gasteiger partial charge in [-0.15, -0.1) is 11.3 Å². The molecule has 1 aliphatic rings. The number of fused-ring (bicyclic) bond motifs is 2. The Hall–Kier alpha value is -3.06. The standard InChI is InChI=1S/C23H22N4O2S/c28-21(12-11-20-24-17-8-2-1-7-16(17)22(29)26-20)27-13-5-6-15(14-27)23-25-18-9-3-4-10-19(18)30-23/h1-4,7-10,15H,5-6,11-14H2,(H,24,26,29)/t15-/m0/s1. The van der Waals surface area contributed by atoms with Gasteiger partial charge >= 0.3 is 0 Å². The molecule has 2 aromatic heterocycles. The summed E-state index contributed by atoms with van der Waals surface area (Å²) in [4.78, 5) is 39.1. The lowest BCUT2D eigenvalue weighted by atomic mass is 9.98. The molecular formula is C23H22N4O2S. The van der Waals surface area contributed by atoms with Crippen LogP contribution in [0.15, 0.2) is 53.3 Å². The summed E-state index contributed by atoms with van der Waals surface area (Å²) in [5.74, 6) is 0.960. The van der Waals surface area contributed by atoms with E-state index < -0.39 is 0 Å². The highest BCUT2D eigenvalue weighted by Gasteiger charge is 2.26. The molecule has 0 bridgehead atoms. The Bertz CT molecular complexity index is 1250. The Morgan fingerprint density at radius 3 is 2.77 bits per heavy atom. The van der Waals surface area contributed by atoms with Gasteiger partial charge in [0, 0.05) is 31.8 Å². The molecule has 0 radical (unpaired) electrons. The summed E-state index contributed by atoms with van der Waals surface area (Å²) in [5.41, 5.74) is 1.54. The van der Waals surface area contributed by atoms with E-state index >= 15 is 0 Å². The molecule has 30 heavy (non-hydrogen) atoms. The van der Waals surface area contributed by atoms with Gasteiger partial charge in [0.15, 0.2) is 0 Å². The van der Waals surface area contributed by atoms with Crippen molar-refractivity contribution < 1.29 is 4.79 Å².